The summed E-state index contributed by atoms with van der Waals surface area (Å²) in [6.07, 6.45) is 1.84. The first-order chi connectivity index (χ1) is 16.2. The predicted molar refractivity (Wildman–Crippen MR) is 126 cm³/mol. The van der Waals surface area contributed by atoms with Gasteiger partial charge in [-0.1, -0.05) is 48.5 Å². The Hall–Kier alpha value is -3.35. The fourth-order valence-electron chi connectivity index (χ4n) is 5.95. The van der Waals surface area contributed by atoms with Gasteiger partial charge >= 0.3 is 12.1 Å². The van der Waals surface area contributed by atoms with Gasteiger partial charge < -0.3 is 20.1 Å². The van der Waals surface area contributed by atoms with Crippen molar-refractivity contribution in [2.24, 2.45) is 5.41 Å². The maximum absolute atomic E-state index is 13.4. The van der Waals surface area contributed by atoms with Crippen molar-refractivity contribution in [3.8, 4) is 11.1 Å². The van der Waals surface area contributed by atoms with Crippen molar-refractivity contribution in [1.29, 1.82) is 0 Å². The predicted octanol–water partition coefficient (Wildman–Crippen LogP) is 4.16. The quantitative estimate of drug-likeness (QED) is 0.672. The minimum atomic E-state index is -1.09. The van der Waals surface area contributed by atoms with E-state index < -0.39 is 23.0 Å². The molecule has 178 valence electrons. The molecule has 34 heavy (non-hydrogen) atoms. The standard InChI is InChI=1S/C27H30N2O5/c1-26(2,23(30)29-17-11-13-27(29,14-12-17)24(31)32)16-28-25(33)34-15-22-20-9-5-3-7-18(20)19-8-4-6-10-21(19)22/h3-10,17,22H,11-16H2,1-2H3,(H,28,33)(H,31,32). The van der Waals surface area contributed by atoms with Crippen molar-refractivity contribution in [1.82, 2.24) is 10.2 Å². The number of ether oxygens (including phenoxy) is 1. The molecule has 0 saturated carbocycles. The van der Waals surface area contributed by atoms with E-state index in [4.69, 9.17) is 4.74 Å². The minimum Gasteiger partial charge on any atom is -0.479 e. The second kappa shape index (κ2) is 8.15. The molecule has 0 aromatic heterocycles. The number of aliphatic carboxylic acids is 1. The number of benzene rings is 2. The van der Waals surface area contributed by atoms with Gasteiger partial charge in [-0.15, -0.1) is 0 Å². The first kappa shape index (κ1) is 22.4. The number of hydrogen-bond acceptors (Lipinski definition) is 4. The molecule has 7 nitrogen and oxygen atoms in total. The Morgan fingerprint density at radius 2 is 1.59 bits per heavy atom. The Morgan fingerprint density at radius 1 is 1.03 bits per heavy atom. The summed E-state index contributed by atoms with van der Waals surface area (Å²) >= 11 is 0. The average molecular weight is 463 g/mol. The Balaban J connectivity index is 1.22. The number of hydrogen-bond donors (Lipinski definition) is 2. The molecule has 2 fully saturated rings. The van der Waals surface area contributed by atoms with Crippen LogP contribution in [0.15, 0.2) is 48.5 Å². The molecule has 0 atom stereocenters. The van der Waals surface area contributed by atoms with Crippen LogP contribution in [0, 0.1) is 5.41 Å². The third-order valence-corrected chi connectivity index (χ3v) is 7.82. The molecule has 0 spiro atoms. The van der Waals surface area contributed by atoms with Crippen molar-refractivity contribution in [3.63, 3.8) is 0 Å². The lowest BCUT2D eigenvalue weighted by Crippen LogP contribution is -2.56. The second-order valence-electron chi connectivity index (χ2n) is 10.3. The van der Waals surface area contributed by atoms with Crippen molar-refractivity contribution < 1.29 is 24.2 Å². The van der Waals surface area contributed by atoms with E-state index in [1.54, 1.807) is 18.7 Å². The zero-order valence-corrected chi connectivity index (χ0v) is 19.5. The minimum absolute atomic E-state index is 0.0303. The van der Waals surface area contributed by atoms with Crippen LogP contribution in [0.4, 0.5) is 4.79 Å². The van der Waals surface area contributed by atoms with Gasteiger partial charge in [0.1, 0.15) is 12.1 Å². The van der Waals surface area contributed by atoms with E-state index in [9.17, 15) is 19.5 Å². The lowest BCUT2D eigenvalue weighted by atomic mass is 9.86. The van der Waals surface area contributed by atoms with Crippen LogP contribution in [0.5, 0.6) is 0 Å². The topological polar surface area (TPSA) is 95.9 Å². The Labute approximate surface area is 199 Å². The van der Waals surface area contributed by atoms with E-state index in [1.165, 1.54) is 0 Å². The number of nitrogens with zero attached hydrogens (tertiary/aromatic N) is 1. The first-order valence-electron chi connectivity index (χ1n) is 11.9. The average Bonchev–Trinajstić information content (AvgIpc) is 3.50. The molecule has 0 unspecified atom stereocenters. The fraction of sp³-hybridized carbons (Fsp3) is 0.444. The second-order valence-corrected chi connectivity index (χ2v) is 10.3. The van der Waals surface area contributed by atoms with Gasteiger partial charge in [0.15, 0.2) is 0 Å². The van der Waals surface area contributed by atoms with Crippen LogP contribution in [0.1, 0.15) is 56.6 Å². The zero-order chi connectivity index (χ0) is 24.1. The van der Waals surface area contributed by atoms with Crippen molar-refractivity contribution in [2.75, 3.05) is 13.2 Å². The third kappa shape index (κ3) is 3.45. The van der Waals surface area contributed by atoms with Gasteiger partial charge in [-0.05, 0) is 61.8 Å². The Kier molecular flexibility index (Phi) is 5.38. The summed E-state index contributed by atoms with van der Waals surface area (Å²) in [5, 5.41) is 12.6. The molecule has 7 heteroatoms. The summed E-state index contributed by atoms with van der Waals surface area (Å²) < 4.78 is 5.58. The molecule has 0 radical (unpaired) electrons. The molecule has 2 N–H and O–H groups in total. The highest BCUT2D eigenvalue weighted by Gasteiger charge is 2.60. The van der Waals surface area contributed by atoms with Crippen LogP contribution >= 0.6 is 0 Å². The fourth-order valence-corrected chi connectivity index (χ4v) is 5.95. The van der Waals surface area contributed by atoms with E-state index in [0.717, 1.165) is 22.3 Å². The van der Waals surface area contributed by atoms with E-state index in [0.29, 0.717) is 25.7 Å². The largest absolute Gasteiger partial charge is 0.479 e. The van der Waals surface area contributed by atoms with Crippen LogP contribution < -0.4 is 5.32 Å². The maximum Gasteiger partial charge on any atom is 0.407 e. The molecule has 2 aromatic rings. The van der Waals surface area contributed by atoms with Crippen molar-refractivity contribution in [3.05, 3.63) is 59.7 Å². The van der Waals surface area contributed by atoms with Crippen LogP contribution in [0.3, 0.4) is 0 Å². The number of carboxylic acid groups (broad SMARTS) is 1. The highest BCUT2D eigenvalue weighted by Crippen LogP contribution is 2.48. The molecule has 2 amide bonds. The van der Waals surface area contributed by atoms with Gasteiger partial charge in [-0.3, -0.25) is 4.79 Å². The number of nitrogens with one attached hydrogen (secondary N) is 1. The number of carboxylic acids is 1. The summed E-state index contributed by atoms with van der Waals surface area (Å²) in [5.74, 6) is -1.20. The SMILES string of the molecule is CC(C)(CNC(=O)OCC1c2ccccc2-c2ccccc21)C(=O)N1C2CCC1(C(=O)O)CC2. The molecule has 2 bridgehead atoms. The normalized spacial score (nSPS) is 22.9. The van der Waals surface area contributed by atoms with Crippen LogP contribution in [0.25, 0.3) is 11.1 Å². The summed E-state index contributed by atoms with van der Waals surface area (Å²) in [6.45, 7) is 3.75. The number of fused-ring (bicyclic) bond motifs is 5. The third-order valence-electron chi connectivity index (χ3n) is 7.82. The maximum atomic E-state index is 13.4. The van der Waals surface area contributed by atoms with Gasteiger partial charge in [0.05, 0.1) is 5.41 Å². The smallest absolute Gasteiger partial charge is 0.407 e. The van der Waals surface area contributed by atoms with Gasteiger partial charge in [-0.2, -0.15) is 0 Å². The highest BCUT2D eigenvalue weighted by molar-refractivity contribution is 5.92. The zero-order valence-electron chi connectivity index (χ0n) is 19.5. The Bertz CT molecular complexity index is 1100. The molecule has 2 saturated heterocycles. The van der Waals surface area contributed by atoms with Gasteiger partial charge in [0, 0.05) is 18.5 Å². The summed E-state index contributed by atoms with van der Waals surface area (Å²) in [6, 6.07) is 16.2. The Morgan fingerprint density at radius 3 is 2.15 bits per heavy atom. The number of carbonyl (C=O) groups is 3. The van der Waals surface area contributed by atoms with Gasteiger partial charge in [-0.25, -0.2) is 9.59 Å². The summed E-state index contributed by atoms with van der Waals surface area (Å²) in [4.78, 5) is 39.5. The number of carbonyl (C=O) groups excluding carboxylic acids is 2. The molecule has 5 rings (SSSR count). The molecule has 3 aliphatic rings. The molecule has 2 aliphatic heterocycles. The van der Waals surface area contributed by atoms with Crippen LogP contribution in [-0.2, 0) is 14.3 Å². The number of alkyl carbamates (subject to hydrolysis) is 1. The van der Waals surface area contributed by atoms with Crippen LogP contribution in [0.2, 0.25) is 0 Å². The molecule has 1 aliphatic carbocycles. The lowest BCUT2D eigenvalue weighted by Gasteiger charge is -2.37. The molecular weight excluding hydrogens is 432 g/mol. The molecule has 2 aromatic carbocycles. The van der Waals surface area contributed by atoms with Crippen LogP contribution in [-0.4, -0.2) is 52.7 Å². The highest BCUT2D eigenvalue weighted by atomic mass is 16.5. The van der Waals surface area contributed by atoms with E-state index in [1.807, 2.05) is 24.3 Å². The van der Waals surface area contributed by atoms with Crippen molar-refractivity contribution >= 4 is 18.0 Å². The monoisotopic (exact) mass is 462 g/mol. The number of rotatable bonds is 6. The lowest BCUT2D eigenvalue weighted by molar-refractivity contribution is -0.159. The van der Waals surface area contributed by atoms with Gasteiger partial charge in [0.25, 0.3) is 0 Å². The summed E-state index contributed by atoms with van der Waals surface area (Å²) in [7, 11) is 0. The van der Waals surface area contributed by atoms with E-state index >= 15 is 0 Å². The van der Waals surface area contributed by atoms with E-state index in [2.05, 4.69) is 29.6 Å². The number of amides is 2. The molecular formula is C27H30N2O5. The molecule has 2 heterocycles. The van der Waals surface area contributed by atoms with Gasteiger partial charge in [0.2, 0.25) is 5.91 Å². The first-order valence-corrected chi connectivity index (χ1v) is 11.9. The summed E-state index contributed by atoms with van der Waals surface area (Å²) in [5.41, 5.74) is 2.55. The van der Waals surface area contributed by atoms with E-state index in [-0.39, 0.29) is 31.0 Å². The van der Waals surface area contributed by atoms with Crippen molar-refractivity contribution in [2.45, 2.75) is 57.0 Å².